The maximum absolute atomic E-state index is 5.87. The van der Waals surface area contributed by atoms with E-state index in [2.05, 4.69) is 62.7 Å². The van der Waals surface area contributed by atoms with Crippen LogP contribution in [0.1, 0.15) is 44.8 Å². The second-order valence-corrected chi connectivity index (χ2v) is 7.60. The molecular formula is C16H28N2OS. The Morgan fingerprint density at radius 2 is 2.20 bits per heavy atom. The lowest BCUT2D eigenvalue weighted by molar-refractivity contribution is 0.203. The van der Waals surface area contributed by atoms with Gasteiger partial charge in [0.05, 0.1) is 6.54 Å². The van der Waals surface area contributed by atoms with Gasteiger partial charge in [-0.1, -0.05) is 20.8 Å². The summed E-state index contributed by atoms with van der Waals surface area (Å²) in [5.41, 5.74) is 1.34. The number of nitrogens with zero attached hydrogens (tertiary/aromatic N) is 1. The molecule has 0 saturated carbocycles. The Bertz CT molecular complexity index is 430. The molecule has 2 atom stereocenters. The third-order valence-corrected chi connectivity index (χ3v) is 5.48. The van der Waals surface area contributed by atoms with Crippen LogP contribution in [-0.4, -0.2) is 34.5 Å². The summed E-state index contributed by atoms with van der Waals surface area (Å²) in [6, 6.07) is 3.35. The maximum atomic E-state index is 5.87. The average molecular weight is 296 g/mol. The number of thioether (sulfide) groups is 1. The van der Waals surface area contributed by atoms with Crippen LogP contribution in [0, 0.1) is 6.92 Å². The van der Waals surface area contributed by atoms with Crippen molar-refractivity contribution in [2.75, 3.05) is 12.3 Å². The highest BCUT2D eigenvalue weighted by atomic mass is 32.2. The molecule has 4 heteroatoms. The molecule has 1 aromatic rings. The first-order chi connectivity index (χ1) is 9.47. The quantitative estimate of drug-likeness (QED) is 0.901. The summed E-state index contributed by atoms with van der Waals surface area (Å²) in [6.45, 7) is 14.1. The molecule has 2 unspecified atom stereocenters. The molecule has 2 rings (SSSR count). The number of hydrogen-bond donors (Lipinski definition) is 1. The van der Waals surface area contributed by atoms with Crippen LogP contribution in [0.4, 0.5) is 0 Å². The molecule has 0 aliphatic carbocycles. The Hall–Kier alpha value is -0.450. The van der Waals surface area contributed by atoms with Crippen molar-refractivity contribution in [2.45, 2.75) is 65.0 Å². The minimum atomic E-state index is 0.490. The molecule has 1 aliphatic rings. The topological polar surface area (TPSA) is 28.4 Å². The lowest BCUT2D eigenvalue weighted by Crippen LogP contribution is -2.43. The SMILES string of the molecule is Cc1oc(CNC(C)C)cc1CN1CCSC(C)C1C. The van der Waals surface area contributed by atoms with E-state index in [-0.39, 0.29) is 0 Å². The highest BCUT2D eigenvalue weighted by Gasteiger charge is 2.26. The predicted molar refractivity (Wildman–Crippen MR) is 87.2 cm³/mol. The van der Waals surface area contributed by atoms with Gasteiger partial charge in [0.2, 0.25) is 0 Å². The fraction of sp³-hybridized carbons (Fsp3) is 0.750. The zero-order chi connectivity index (χ0) is 14.7. The predicted octanol–water partition coefficient (Wildman–Crippen LogP) is 3.41. The smallest absolute Gasteiger partial charge is 0.118 e. The molecule has 2 heterocycles. The van der Waals surface area contributed by atoms with E-state index in [9.17, 15) is 0 Å². The van der Waals surface area contributed by atoms with Gasteiger partial charge in [0.1, 0.15) is 11.5 Å². The summed E-state index contributed by atoms with van der Waals surface area (Å²) in [5.74, 6) is 3.37. The van der Waals surface area contributed by atoms with Crippen molar-refractivity contribution < 1.29 is 4.42 Å². The summed E-state index contributed by atoms with van der Waals surface area (Å²) >= 11 is 2.09. The Morgan fingerprint density at radius 3 is 2.90 bits per heavy atom. The van der Waals surface area contributed by atoms with Gasteiger partial charge in [0, 0.05) is 41.7 Å². The van der Waals surface area contributed by atoms with E-state index in [1.165, 1.54) is 17.9 Å². The van der Waals surface area contributed by atoms with Crippen LogP contribution < -0.4 is 5.32 Å². The monoisotopic (exact) mass is 296 g/mol. The Kier molecular flexibility index (Phi) is 5.58. The van der Waals surface area contributed by atoms with Gasteiger partial charge in [-0.25, -0.2) is 0 Å². The Morgan fingerprint density at radius 1 is 1.45 bits per heavy atom. The van der Waals surface area contributed by atoms with Crippen molar-refractivity contribution in [3.05, 3.63) is 23.2 Å². The molecule has 1 fully saturated rings. The van der Waals surface area contributed by atoms with Gasteiger partial charge in [-0.05, 0) is 19.9 Å². The molecular weight excluding hydrogens is 268 g/mol. The standard InChI is InChI=1S/C16H28N2OS/c1-11(2)17-9-16-8-15(13(4)19-16)10-18-6-7-20-14(5)12(18)3/h8,11-12,14,17H,6-7,9-10H2,1-5H3. The third-order valence-electron chi connectivity index (χ3n) is 4.14. The van der Waals surface area contributed by atoms with Gasteiger partial charge in [-0.2, -0.15) is 11.8 Å². The number of aryl methyl sites for hydroxylation is 1. The van der Waals surface area contributed by atoms with E-state index in [0.717, 1.165) is 29.9 Å². The van der Waals surface area contributed by atoms with Gasteiger partial charge in [-0.15, -0.1) is 0 Å². The molecule has 1 N–H and O–H groups in total. The first-order valence-corrected chi connectivity index (χ1v) is 8.69. The Labute approximate surface area is 127 Å². The van der Waals surface area contributed by atoms with E-state index in [4.69, 9.17) is 4.42 Å². The van der Waals surface area contributed by atoms with E-state index < -0.39 is 0 Å². The zero-order valence-electron chi connectivity index (χ0n) is 13.4. The maximum Gasteiger partial charge on any atom is 0.118 e. The molecule has 0 amide bonds. The first-order valence-electron chi connectivity index (χ1n) is 7.64. The summed E-state index contributed by atoms with van der Waals surface area (Å²) < 4.78 is 5.87. The largest absolute Gasteiger partial charge is 0.465 e. The first kappa shape index (κ1) is 15.9. The minimum absolute atomic E-state index is 0.490. The van der Waals surface area contributed by atoms with Crippen LogP contribution in [0.3, 0.4) is 0 Å². The number of rotatable bonds is 5. The summed E-state index contributed by atoms with van der Waals surface area (Å²) in [5, 5.41) is 4.13. The zero-order valence-corrected chi connectivity index (χ0v) is 14.2. The third kappa shape index (κ3) is 4.03. The van der Waals surface area contributed by atoms with Gasteiger partial charge in [-0.3, -0.25) is 4.90 Å². The number of nitrogens with one attached hydrogen (secondary N) is 1. The fourth-order valence-electron chi connectivity index (χ4n) is 2.57. The normalized spacial score (nSPS) is 24.5. The highest BCUT2D eigenvalue weighted by Crippen LogP contribution is 2.27. The van der Waals surface area contributed by atoms with Crippen LogP contribution in [0.25, 0.3) is 0 Å². The lowest BCUT2D eigenvalue weighted by atomic mass is 10.1. The molecule has 0 bridgehead atoms. The van der Waals surface area contributed by atoms with Crippen molar-refractivity contribution in [1.29, 1.82) is 0 Å². The highest BCUT2D eigenvalue weighted by molar-refractivity contribution is 8.00. The van der Waals surface area contributed by atoms with Gasteiger partial charge in [0.25, 0.3) is 0 Å². The van der Waals surface area contributed by atoms with E-state index in [1.54, 1.807) is 0 Å². The van der Waals surface area contributed by atoms with E-state index in [0.29, 0.717) is 12.1 Å². The van der Waals surface area contributed by atoms with Crippen molar-refractivity contribution in [3.8, 4) is 0 Å². The molecule has 20 heavy (non-hydrogen) atoms. The lowest BCUT2D eigenvalue weighted by Gasteiger charge is -2.37. The van der Waals surface area contributed by atoms with Crippen molar-refractivity contribution >= 4 is 11.8 Å². The second-order valence-electron chi connectivity index (χ2n) is 6.12. The Balaban J connectivity index is 1.98. The number of hydrogen-bond acceptors (Lipinski definition) is 4. The van der Waals surface area contributed by atoms with Crippen molar-refractivity contribution in [3.63, 3.8) is 0 Å². The van der Waals surface area contributed by atoms with E-state index >= 15 is 0 Å². The molecule has 3 nitrogen and oxygen atoms in total. The van der Waals surface area contributed by atoms with Crippen LogP contribution in [0.5, 0.6) is 0 Å². The van der Waals surface area contributed by atoms with Crippen molar-refractivity contribution in [1.82, 2.24) is 10.2 Å². The molecule has 0 spiro atoms. The summed E-state index contributed by atoms with van der Waals surface area (Å²) in [7, 11) is 0. The molecule has 1 aliphatic heterocycles. The second kappa shape index (κ2) is 7.01. The summed E-state index contributed by atoms with van der Waals surface area (Å²) in [6.07, 6.45) is 0. The van der Waals surface area contributed by atoms with Crippen LogP contribution in [0.2, 0.25) is 0 Å². The van der Waals surface area contributed by atoms with Crippen LogP contribution >= 0.6 is 11.8 Å². The molecule has 114 valence electrons. The van der Waals surface area contributed by atoms with Gasteiger partial charge >= 0.3 is 0 Å². The van der Waals surface area contributed by atoms with Gasteiger partial charge in [0.15, 0.2) is 0 Å². The fourth-order valence-corrected chi connectivity index (χ4v) is 3.74. The molecule has 0 aromatic carbocycles. The summed E-state index contributed by atoms with van der Waals surface area (Å²) in [4.78, 5) is 2.58. The molecule has 0 radical (unpaired) electrons. The van der Waals surface area contributed by atoms with E-state index in [1.807, 2.05) is 0 Å². The molecule has 1 aromatic heterocycles. The van der Waals surface area contributed by atoms with Gasteiger partial charge < -0.3 is 9.73 Å². The molecule has 1 saturated heterocycles. The van der Waals surface area contributed by atoms with Crippen molar-refractivity contribution in [2.24, 2.45) is 0 Å². The minimum Gasteiger partial charge on any atom is -0.465 e. The van der Waals surface area contributed by atoms with Crippen LogP contribution in [0.15, 0.2) is 10.5 Å². The van der Waals surface area contributed by atoms with Crippen LogP contribution in [-0.2, 0) is 13.1 Å². The average Bonchev–Trinajstić information content (AvgIpc) is 2.73. The number of furan rings is 1.